The van der Waals surface area contributed by atoms with Gasteiger partial charge in [-0.3, -0.25) is 14.4 Å². The number of carbonyl (C=O) groups is 1. The topological polar surface area (TPSA) is 67.4 Å². The third-order valence-electron chi connectivity index (χ3n) is 4.79. The number of aromatic nitrogens is 2. The molecule has 2 fully saturated rings. The van der Waals surface area contributed by atoms with Crippen LogP contribution in [0.1, 0.15) is 42.4 Å². The van der Waals surface area contributed by atoms with E-state index in [0.717, 1.165) is 38.2 Å². The highest BCUT2D eigenvalue weighted by Crippen LogP contribution is 2.24. The highest BCUT2D eigenvalue weighted by atomic mass is 16.2. The van der Waals surface area contributed by atoms with E-state index in [1.165, 1.54) is 19.4 Å². The summed E-state index contributed by atoms with van der Waals surface area (Å²) in [4.78, 5) is 17.4. The first-order valence-corrected chi connectivity index (χ1v) is 7.96. The number of amides is 1. The lowest BCUT2D eigenvalue weighted by Gasteiger charge is -2.25. The van der Waals surface area contributed by atoms with Gasteiger partial charge in [-0.2, -0.15) is 5.10 Å². The van der Waals surface area contributed by atoms with Crippen molar-refractivity contribution in [1.82, 2.24) is 19.6 Å². The number of nitrogens with zero attached hydrogens (tertiary/aromatic N) is 4. The zero-order chi connectivity index (χ0) is 15.0. The standard InChI is InChI=1S/C15H25N5O/c1-3-12-13(16)14(18(2)17-12)15(21)20-9-5-8-19-7-4-6-11(19)10-20/h11H,3-10,16H2,1-2H3. The number of hydrogen-bond acceptors (Lipinski definition) is 4. The van der Waals surface area contributed by atoms with Gasteiger partial charge in [-0.05, 0) is 32.2 Å². The molecule has 1 unspecified atom stereocenters. The van der Waals surface area contributed by atoms with Crippen LogP contribution in [0.15, 0.2) is 0 Å². The van der Waals surface area contributed by atoms with Crippen LogP contribution in [0.25, 0.3) is 0 Å². The zero-order valence-corrected chi connectivity index (χ0v) is 13.0. The van der Waals surface area contributed by atoms with Crippen molar-refractivity contribution in [1.29, 1.82) is 0 Å². The number of aryl methyl sites for hydroxylation is 2. The summed E-state index contributed by atoms with van der Waals surface area (Å²) < 4.78 is 1.65. The van der Waals surface area contributed by atoms with Crippen LogP contribution in [0.2, 0.25) is 0 Å². The fraction of sp³-hybridized carbons (Fsp3) is 0.733. The molecule has 2 saturated heterocycles. The predicted molar refractivity (Wildman–Crippen MR) is 82.1 cm³/mol. The van der Waals surface area contributed by atoms with Gasteiger partial charge < -0.3 is 10.6 Å². The van der Waals surface area contributed by atoms with Gasteiger partial charge in [0.25, 0.3) is 5.91 Å². The van der Waals surface area contributed by atoms with Crippen molar-refractivity contribution in [3.63, 3.8) is 0 Å². The van der Waals surface area contributed by atoms with E-state index in [9.17, 15) is 4.79 Å². The van der Waals surface area contributed by atoms with E-state index in [0.29, 0.717) is 17.4 Å². The number of rotatable bonds is 2. The third kappa shape index (κ3) is 2.52. The Morgan fingerprint density at radius 2 is 2.10 bits per heavy atom. The minimum atomic E-state index is 0.0379. The van der Waals surface area contributed by atoms with Crippen LogP contribution in [0, 0.1) is 0 Å². The lowest BCUT2D eigenvalue weighted by molar-refractivity contribution is 0.0733. The second-order valence-electron chi connectivity index (χ2n) is 6.12. The third-order valence-corrected chi connectivity index (χ3v) is 4.79. The summed E-state index contributed by atoms with van der Waals surface area (Å²) in [7, 11) is 1.81. The summed E-state index contributed by atoms with van der Waals surface area (Å²) >= 11 is 0. The summed E-state index contributed by atoms with van der Waals surface area (Å²) in [6.07, 6.45) is 4.25. The van der Waals surface area contributed by atoms with Crippen molar-refractivity contribution in [2.45, 2.75) is 38.6 Å². The maximum Gasteiger partial charge on any atom is 0.274 e. The summed E-state index contributed by atoms with van der Waals surface area (Å²) in [5.41, 5.74) is 8.05. The average molecular weight is 291 g/mol. The second-order valence-corrected chi connectivity index (χ2v) is 6.12. The minimum Gasteiger partial charge on any atom is -0.395 e. The minimum absolute atomic E-state index is 0.0379. The summed E-state index contributed by atoms with van der Waals surface area (Å²) in [5.74, 6) is 0.0379. The number of fused-ring (bicyclic) bond motifs is 1. The normalized spacial score (nSPS) is 23.1. The molecule has 2 aliphatic rings. The molecule has 3 rings (SSSR count). The molecule has 0 aliphatic carbocycles. The molecule has 1 amide bonds. The molecule has 0 radical (unpaired) electrons. The van der Waals surface area contributed by atoms with Crippen LogP contribution in [0.3, 0.4) is 0 Å². The van der Waals surface area contributed by atoms with E-state index >= 15 is 0 Å². The van der Waals surface area contributed by atoms with Crippen molar-refractivity contribution >= 4 is 11.6 Å². The molecular weight excluding hydrogens is 266 g/mol. The Bertz CT molecular complexity index is 538. The van der Waals surface area contributed by atoms with Crippen LogP contribution >= 0.6 is 0 Å². The van der Waals surface area contributed by atoms with Gasteiger partial charge in [0.05, 0.1) is 11.4 Å². The van der Waals surface area contributed by atoms with E-state index in [1.807, 2.05) is 18.9 Å². The SMILES string of the molecule is CCc1nn(C)c(C(=O)N2CCCN3CCCC3C2)c1N. The smallest absolute Gasteiger partial charge is 0.274 e. The Kier molecular flexibility index (Phi) is 3.89. The molecule has 0 saturated carbocycles. The first-order chi connectivity index (χ1) is 10.1. The highest BCUT2D eigenvalue weighted by molar-refractivity contribution is 5.98. The van der Waals surface area contributed by atoms with Gasteiger partial charge in [0.2, 0.25) is 0 Å². The fourth-order valence-electron chi connectivity index (χ4n) is 3.65. The molecule has 1 aromatic heterocycles. The summed E-state index contributed by atoms with van der Waals surface area (Å²) in [5, 5.41) is 4.37. The maximum absolute atomic E-state index is 12.9. The van der Waals surface area contributed by atoms with Gasteiger partial charge >= 0.3 is 0 Å². The Labute approximate surface area is 125 Å². The first-order valence-electron chi connectivity index (χ1n) is 7.96. The lowest BCUT2D eigenvalue weighted by Crippen LogP contribution is -2.40. The van der Waals surface area contributed by atoms with Crippen LogP contribution in [-0.2, 0) is 13.5 Å². The van der Waals surface area contributed by atoms with Crippen molar-refractivity contribution in [2.24, 2.45) is 7.05 Å². The Hall–Kier alpha value is -1.56. The molecule has 1 atom stereocenters. The summed E-state index contributed by atoms with van der Waals surface area (Å²) in [6, 6.07) is 0.525. The van der Waals surface area contributed by atoms with Gasteiger partial charge in [-0.25, -0.2) is 0 Å². The van der Waals surface area contributed by atoms with E-state index < -0.39 is 0 Å². The molecule has 6 nitrogen and oxygen atoms in total. The molecule has 0 aromatic carbocycles. The molecule has 0 spiro atoms. The van der Waals surface area contributed by atoms with Gasteiger partial charge in [-0.15, -0.1) is 0 Å². The number of hydrogen-bond donors (Lipinski definition) is 1. The van der Waals surface area contributed by atoms with Crippen LogP contribution in [-0.4, -0.2) is 57.7 Å². The monoisotopic (exact) mass is 291 g/mol. The number of anilines is 1. The number of nitrogen functional groups attached to an aromatic ring is 1. The molecule has 6 heteroatoms. The molecule has 116 valence electrons. The number of nitrogens with two attached hydrogens (primary N) is 1. The second kappa shape index (κ2) is 5.67. The van der Waals surface area contributed by atoms with Crippen molar-refractivity contribution in [3.8, 4) is 0 Å². The highest BCUT2D eigenvalue weighted by Gasteiger charge is 2.32. The van der Waals surface area contributed by atoms with Crippen molar-refractivity contribution in [2.75, 3.05) is 31.9 Å². The van der Waals surface area contributed by atoms with E-state index in [-0.39, 0.29) is 5.91 Å². The average Bonchev–Trinajstić information content (AvgIpc) is 2.95. The van der Waals surface area contributed by atoms with Crippen LogP contribution in [0.5, 0.6) is 0 Å². The predicted octanol–water partition coefficient (Wildman–Crippen LogP) is 0.875. The Morgan fingerprint density at radius 3 is 2.81 bits per heavy atom. The molecule has 1 aromatic rings. The van der Waals surface area contributed by atoms with Crippen LogP contribution < -0.4 is 5.73 Å². The van der Waals surface area contributed by atoms with Gasteiger partial charge in [0, 0.05) is 32.7 Å². The van der Waals surface area contributed by atoms with Crippen molar-refractivity contribution < 1.29 is 4.79 Å². The maximum atomic E-state index is 12.9. The van der Waals surface area contributed by atoms with E-state index in [4.69, 9.17) is 5.73 Å². The van der Waals surface area contributed by atoms with Gasteiger partial charge in [0.1, 0.15) is 5.69 Å². The first kappa shape index (κ1) is 14.4. The molecule has 0 bridgehead atoms. The van der Waals surface area contributed by atoms with Gasteiger partial charge in [0.15, 0.2) is 0 Å². The van der Waals surface area contributed by atoms with E-state index in [2.05, 4.69) is 10.00 Å². The van der Waals surface area contributed by atoms with Crippen LogP contribution in [0.4, 0.5) is 5.69 Å². The molecule has 21 heavy (non-hydrogen) atoms. The summed E-state index contributed by atoms with van der Waals surface area (Å²) in [6.45, 7) is 5.94. The zero-order valence-electron chi connectivity index (χ0n) is 13.0. The van der Waals surface area contributed by atoms with E-state index in [1.54, 1.807) is 4.68 Å². The quantitative estimate of drug-likeness (QED) is 0.878. The van der Waals surface area contributed by atoms with Crippen molar-refractivity contribution in [3.05, 3.63) is 11.4 Å². The number of carbonyl (C=O) groups excluding carboxylic acids is 1. The molecule has 2 N–H and O–H groups in total. The molecule has 3 heterocycles. The molecular formula is C15H25N5O. The fourth-order valence-corrected chi connectivity index (χ4v) is 3.65. The Balaban J connectivity index is 1.83. The Morgan fingerprint density at radius 1 is 1.33 bits per heavy atom. The molecule has 2 aliphatic heterocycles. The van der Waals surface area contributed by atoms with Gasteiger partial charge in [-0.1, -0.05) is 6.92 Å². The lowest BCUT2D eigenvalue weighted by atomic mass is 10.2. The largest absolute Gasteiger partial charge is 0.395 e.